The van der Waals surface area contributed by atoms with Crippen LogP contribution in [-0.4, -0.2) is 29.9 Å². The maximum atomic E-state index is 5.16. The summed E-state index contributed by atoms with van der Waals surface area (Å²) in [5.41, 5.74) is 4.45. The summed E-state index contributed by atoms with van der Waals surface area (Å²) in [6.07, 6.45) is 0. The van der Waals surface area contributed by atoms with Crippen molar-refractivity contribution in [1.82, 2.24) is 29.9 Å². The molecule has 0 bridgehead atoms. The number of aromatic nitrogens is 6. The quantitative estimate of drug-likeness (QED) is 0.167. The van der Waals surface area contributed by atoms with Crippen LogP contribution in [0, 0.1) is 27.7 Å². The Hall–Kier alpha value is -5.88. The highest BCUT2D eigenvalue weighted by molar-refractivity contribution is 6.44. The number of aryl methyl sites for hydroxylation is 4. The first-order valence-electron chi connectivity index (χ1n) is 18.9. The number of rotatable bonds is 2. The van der Waals surface area contributed by atoms with Crippen LogP contribution in [0.1, 0.15) is 76.0 Å². The number of benzene rings is 6. The minimum Gasteiger partial charge on any atom is -0.219 e. The first-order chi connectivity index (χ1) is 25.7. The molecule has 6 nitrogen and oxygen atoms in total. The van der Waals surface area contributed by atoms with Crippen LogP contribution in [0.2, 0.25) is 0 Å². The van der Waals surface area contributed by atoms with Crippen molar-refractivity contribution in [2.75, 3.05) is 0 Å². The molecule has 6 heteroatoms. The van der Waals surface area contributed by atoms with Crippen LogP contribution in [-0.2, 0) is 10.8 Å². The third-order valence-corrected chi connectivity index (χ3v) is 11.4. The van der Waals surface area contributed by atoms with E-state index < -0.39 is 0 Å². The number of fused-ring (bicyclic) bond motifs is 8. The van der Waals surface area contributed by atoms with E-state index in [0.29, 0.717) is 34.9 Å². The molecule has 0 saturated heterocycles. The summed E-state index contributed by atoms with van der Waals surface area (Å²) in [6, 6.07) is 27.6. The number of hydrogen-bond acceptors (Lipinski definition) is 6. The molecule has 0 aliphatic rings. The molecule has 0 unspecified atom stereocenters. The van der Waals surface area contributed by atoms with Crippen molar-refractivity contribution in [3.05, 3.63) is 107 Å². The summed E-state index contributed by atoms with van der Waals surface area (Å²) in [7, 11) is 0. The lowest BCUT2D eigenvalue weighted by atomic mass is 9.82. The van der Waals surface area contributed by atoms with Gasteiger partial charge in [-0.15, -0.1) is 0 Å². The molecular weight excluding hydrogens is 661 g/mol. The standard InChI is InChI=1S/C48H42N6/c1-23-49-24(2)52-45(51-23)43-37-22-34-31-15-12-11-14-30(31)32-16-13-17-33(39(32)34)40(37)44(46-53-25(3)50-26(4)54-46)42-36-21-29(48(8,9)10)19-27-18-28(47(5,6)7)20-35(38(27)36)41(42)43/h11-22H,1-10H3. The lowest BCUT2D eigenvalue weighted by molar-refractivity contribution is 0.590. The van der Waals surface area contributed by atoms with Crippen LogP contribution in [0.15, 0.2) is 72.8 Å². The molecule has 10 aromatic rings. The van der Waals surface area contributed by atoms with Crippen molar-refractivity contribution in [1.29, 1.82) is 0 Å². The van der Waals surface area contributed by atoms with E-state index in [1.54, 1.807) is 0 Å². The minimum atomic E-state index is -0.0883. The molecule has 0 radical (unpaired) electrons. The Morgan fingerprint density at radius 2 is 0.815 bits per heavy atom. The van der Waals surface area contributed by atoms with Gasteiger partial charge in [-0.05, 0) is 127 Å². The topological polar surface area (TPSA) is 77.3 Å². The predicted molar refractivity (Wildman–Crippen MR) is 225 cm³/mol. The van der Waals surface area contributed by atoms with Crippen LogP contribution < -0.4 is 0 Å². The van der Waals surface area contributed by atoms with Gasteiger partial charge >= 0.3 is 0 Å². The molecule has 10 rings (SSSR count). The molecule has 0 saturated carbocycles. The number of nitrogens with zero attached hydrogens (tertiary/aromatic N) is 6. The summed E-state index contributed by atoms with van der Waals surface area (Å²) in [5, 5.41) is 16.7. The van der Waals surface area contributed by atoms with E-state index in [1.807, 2.05) is 27.7 Å². The van der Waals surface area contributed by atoms with Crippen LogP contribution >= 0.6 is 0 Å². The van der Waals surface area contributed by atoms with Gasteiger partial charge in [-0.3, -0.25) is 0 Å². The summed E-state index contributed by atoms with van der Waals surface area (Å²) in [6.45, 7) is 21.7. The molecule has 0 fully saturated rings. The molecule has 0 aliphatic heterocycles. The fraction of sp³-hybridized carbons (Fsp3) is 0.250. The van der Waals surface area contributed by atoms with Gasteiger partial charge in [-0.2, -0.15) is 0 Å². The highest BCUT2D eigenvalue weighted by Gasteiger charge is 2.31. The SMILES string of the molecule is Cc1nc(C)nc(-c2c3cc4c5ccccc5c5cccc(c3c(-c3nc(C)nc(C)n3)c3c6cc(C(C)(C)C)cc7cc(C(C)(C)C)cc(c23)c76)c54)n1. The predicted octanol–water partition coefficient (Wildman–Crippen LogP) is 12.2. The zero-order chi connectivity index (χ0) is 37.6. The zero-order valence-electron chi connectivity index (χ0n) is 32.6. The Balaban J connectivity index is 1.61. The Labute approximate surface area is 314 Å². The normalized spacial score (nSPS) is 13.0. The van der Waals surface area contributed by atoms with Gasteiger partial charge in [0.2, 0.25) is 0 Å². The Bertz CT molecular complexity index is 3170. The lowest BCUT2D eigenvalue weighted by Gasteiger charge is -2.22. The third-order valence-electron chi connectivity index (χ3n) is 11.4. The smallest absolute Gasteiger partial charge is 0.164 e. The molecule has 2 aromatic heterocycles. The van der Waals surface area contributed by atoms with Gasteiger partial charge in [-0.25, -0.2) is 29.9 Å². The average Bonchev–Trinajstić information content (AvgIpc) is 3.60. The van der Waals surface area contributed by atoms with Gasteiger partial charge in [0.1, 0.15) is 23.3 Å². The molecular formula is C48H42N6. The van der Waals surface area contributed by atoms with Gasteiger partial charge in [-0.1, -0.05) is 96.1 Å². The lowest BCUT2D eigenvalue weighted by Crippen LogP contribution is -2.12. The summed E-state index contributed by atoms with van der Waals surface area (Å²) in [4.78, 5) is 29.9. The molecule has 0 atom stereocenters. The summed E-state index contributed by atoms with van der Waals surface area (Å²) in [5.74, 6) is 4.16. The zero-order valence-corrected chi connectivity index (χ0v) is 32.6. The van der Waals surface area contributed by atoms with E-state index in [1.165, 1.54) is 65.0 Å². The first-order valence-corrected chi connectivity index (χ1v) is 18.9. The molecule has 54 heavy (non-hydrogen) atoms. The van der Waals surface area contributed by atoms with E-state index in [4.69, 9.17) is 19.9 Å². The summed E-state index contributed by atoms with van der Waals surface area (Å²) >= 11 is 0. The van der Waals surface area contributed by atoms with E-state index in [-0.39, 0.29) is 10.8 Å². The van der Waals surface area contributed by atoms with Crippen LogP contribution in [0.5, 0.6) is 0 Å². The minimum absolute atomic E-state index is 0.0871. The fourth-order valence-electron chi connectivity index (χ4n) is 9.08. The van der Waals surface area contributed by atoms with E-state index in [2.05, 4.69) is 124 Å². The van der Waals surface area contributed by atoms with Crippen molar-refractivity contribution in [3.8, 4) is 22.8 Å². The maximum absolute atomic E-state index is 5.16. The van der Waals surface area contributed by atoms with E-state index in [0.717, 1.165) is 32.7 Å². The number of hydrogen-bond donors (Lipinski definition) is 0. The van der Waals surface area contributed by atoms with Gasteiger partial charge < -0.3 is 0 Å². The Morgan fingerprint density at radius 1 is 0.352 bits per heavy atom. The van der Waals surface area contributed by atoms with E-state index >= 15 is 0 Å². The van der Waals surface area contributed by atoms with Crippen molar-refractivity contribution >= 4 is 75.4 Å². The third kappa shape index (κ3) is 4.58. The van der Waals surface area contributed by atoms with Gasteiger partial charge in [0.05, 0.1) is 0 Å². The maximum Gasteiger partial charge on any atom is 0.164 e. The largest absolute Gasteiger partial charge is 0.219 e. The van der Waals surface area contributed by atoms with Crippen molar-refractivity contribution in [2.45, 2.75) is 80.1 Å². The van der Waals surface area contributed by atoms with Gasteiger partial charge in [0.25, 0.3) is 0 Å². The van der Waals surface area contributed by atoms with Crippen molar-refractivity contribution < 1.29 is 0 Å². The molecule has 0 aliphatic carbocycles. The van der Waals surface area contributed by atoms with Crippen LogP contribution in [0.25, 0.3) is 98.2 Å². The average molecular weight is 703 g/mol. The van der Waals surface area contributed by atoms with Crippen LogP contribution in [0.3, 0.4) is 0 Å². The Kier molecular flexibility index (Phi) is 6.58. The Morgan fingerprint density at radius 3 is 1.35 bits per heavy atom. The van der Waals surface area contributed by atoms with Crippen molar-refractivity contribution in [3.63, 3.8) is 0 Å². The molecule has 0 N–H and O–H groups in total. The molecule has 8 aromatic carbocycles. The highest BCUT2D eigenvalue weighted by atomic mass is 15.0. The van der Waals surface area contributed by atoms with Gasteiger partial charge in [0.15, 0.2) is 11.6 Å². The molecule has 0 amide bonds. The second kappa shape index (κ2) is 10.8. The molecule has 264 valence electrons. The fourth-order valence-corrected chi connectivity index (χ4v) is 9.08. The van der Waals surface area contributed by atoms with Crippen LogP contribution in [0.4, 0.5) is 0 Å². The monoisotopic (exact) mass is 702 g/mol. The molecule has 2 heterocycles. The van der Waals surface area contributed by atoms with E-state index in [9.17, 15) is 0 Å². The highest BCUT2D eigenvalue weighted by Crippen LogP contribution is 2.54. The van der Waals surface area contributed by atoms with Crippen molar-refractivity contribution in [2.24, 2.45) is 0 Å². The molecule has 0 spiro atoms. The second-order valence-corrected chi connectivity index (χ2v) is 17.3. The first kappa shape index (κ1) is 32.7. The second-order valence-electron chi connectivity index (χ2n) is 17.3. The van der Waals surface area contributed by atoms with Gasteiger partial charge in [0, 0.05) is 27.3 Å². The summed E-state index contributed by atoms with van der Waals surface area (Å²) < 4.78 is 0.